The van der Waals surface area contributed by atoms with Gasteiger partial charge in [0.25, 0.3) is 11.5 Å². The molecule has 1 aliphatic rings. The van der Waals surface area contributed by atoms with Gasteiger partial charge in [-0.15, -0.1) is 0 Å². The predicted molar refractivity (Wildman–Crippen MR) is 111 cm³/mol. The number of ether oxygens (including phenoxy) is 1. The summed E-state index contributed by atoms with van der Waals surface area (Å²) in [6.07, 6.45) is 0. The first-order valence-corrected chi connectivity index (χ1v) is 9.66. The van der Waals surface area contributed by atoms with Gasteiger partial charge in [-0.2, -0.15) is 10.4 Å². The maximum absolute atomic E-state index is 13.1. The monoisotopic (exact) mass is 403 g/mol. The quantitative estimate of drug-likeness (QED) is 0.714. The number of benzene rings is 2. The molecule has 0 saturated carbocycles. The van der Waals surface area contributed by atoms with Crippen LogP contribution in [0.4, 0.5) is 0 Å². The van der Waals surface area contributed by atoms with Gasteiger partial charge in [-0.25, -0.2) is 5.10 Å². The lowest BCUT2D eigenvalue weighted by molar-refractivity contribution is 0.0601. The highest BCUT2D eigenvalue weighted by Crippen LogP contribution is 2.24. The van der Waals surface area contributed by atoms with Gasteiger partial charge in [0.1, 0.15) is 11.8 Å². The third kappa shape index (κ3) is 3.63. The normalized spacial score (nSPS) is 15.5. The Balaban J connectivity index is 1.49. The van der Waals surface area contributed by atoms with Crippen LogP contribution in [-0.4, -0.2) is 59.2 Å². The summed E-state index contributed by atoms with van der Waals surface area (Å²) in [5.41, 5.74) is 0.820. The van der Waals surface area contributed by atoms with Crippen molar-refractivity contribution in [1.29, 1.82) is 5.26 Å². The number of carbonyl (C=O) groups is 1. The summed E-state index contributed by atoms with van der Waals surface area (Å²) >= 11 is 0. The van der Waals surface area contributed by atoms with Crippen LogP contribution in [-0.2, 0) is 0 Å². The highest BCUT2D eigenvalue weighted by atomic mass is 16.5. The number of rotatable bonds is 4. The fourth-order valence-electron chi connectivity index (χ4n) is 3.76. The lowest BCUT2D eigenvalue weighted by atomic mass is 10.1. The molecular formula is C22H21N5O3. The molecule has 0 bridgehead atoms. The molecule has 4 rings (SSSR count). The van der Waals surface area contributed by atoms with Gasteiger partial charge in [-0.1, -0.05) is 30.3 Å². The van der Waals surface area contributed by atoms with Gasteiger partial charge in [-0.05, 0) is 23.8 Å². The van der Waals surface area contributed by atoms with Crippen molar-refractivity contribution in [2.75, 3.05) is 33.3 Å². The van der Waals surface area contributed by atoms with E-state index in [9.17, 15) is 14.9 Å². The molecule has 8 nitrogen and oxygen atoms in total. The Labute approximate surface area is 173 Å². The standard InChI is InChI=1S/C22H21N5O3/c1-30-16-8-6-15(7-9-16)19(14-23)26-10-12-27(13-11-26)22(29)20-17-4-2-3-5-18(17)21(28)25-24-20/h2-9,19H,10-13H2,1H3,(H,25,28). The van der Waals surface area contributed by atoms with Crippen molar-refractivity contribution in [3.63, 3.8) is 0 Å². The Hall–Kier alpha value is -3.70. The molecule has 2 heterocycles. The number of amides is 1. The van der Waals surface area contributed by atoms with Crippen molar-refractivity contribution in [2.45, 2.75) is 6.04 Å². The second-order valence-corrected chi connectivity index (χ2v) is 7.08. The summed E-state index contributed by atoms with van der Waals surface area (Å²) in [5, 5.41) is 17.1. The van der Waals surface area contributed by atoms with Crippen molar-refractivity contribution in [1.82, 2.24) is 20.0 Å². The highest BCUT2D eigenvalue weighted by Gasteiger charge is 2.29. The van der Waals surface area contributed by atoms with Crippen molar-refractivity contribution in [2.24, 2.45) is 0 Å². The van der Waals surface area contributed by atoms with Gasteiger partial charge >= 0.3 is 0 Å². The summed E-state index contributed by atoms with van der Waals surface area (Å²) in [6.45, 7) is 2.08. The number of nitrogens with one attached hydrogen (secondary N) is 1. The van der Waals surface area contributed by atoms with Crippen LogP contribution in [0.5, 0.6) is 5.75 Å². The third-order valence-corrected chi connectivity index (χ3v) is 5.42. The Morgan fingerprint density at radius 1 is 1.10 bits per heavy atom. The van der Waals surface area contributed by atoms with Crippen LogP contribution >= 0.6 is 0 Å². The summed E-state index contributed by atoms with van der Waals surface area (Å²) in [7, 11) is 1.60. The number of aromatic nitrogens is 2. The Kier molecular flexibility index (Phi) is 5.46. The van der Waals surface area contributed by atoms with Crippen LogP contribution in [0.3, 0.4) is 0 Å². The number of H-pyrrole nitrogens is 1. The van der Waals surface area contributed by atoms with E-state index in [-0.39, 0.29) is 23.2 Å². The van der Waals surface area contributed by atoms with Crippen LogP contribution < -0.4 is 10.3 Å². The number of aromatic amines is 1. The smallest absolute Gasteiger partial charge is 0.275 e. The van der Waals surface area contributed by atoms with Gasteiger partial charge in [0, 0.05) is 31.6 Å². The molecule has 1 unspecified atom stereocenters. The molecule has 8 heteroatoms. The van der Waals surface area contributed by atoms with Crippen LogP contribution in [0.15, 0.2) is 53.3 Å². The summed E-state index contributed by atoms with van der Waals surface area (Å²) < 4.78 is 5.18. The van der Waals surface area contributed by atoms with Gasteiger partial charge in [0.2, 0.25) is 0 Å². The van der Waals surface area contributed by atoms with E-state index in [1.165, 1.54) is 0 Å². The molecule has 1 fully saturated rings. The van der Waals surface area contributed by atoms with Crippen LogP contribution in [0.1, 0.15) is 22.1 Å². The fourth-order valence-corrected chi connectivity index (χ4v) is 3.76. The number of hydrogen-bond acceptors (Lipinski definition) is 6. The lowest BCUT2D eigenvalue weighted by Crippen LogP contribution is -2.49. The average Bonchev–Trinajstić information content (AvgIpc) is 2.80. The fraction of sp³-hybridized carbons (Fsp3) is 0.273. The van der Waals surface area contributed by atoms with E-state index < -0.39 is 0 Å². The Morgan fingerprint density at radius 2 is 1.77 bits per heavy atom. The van der Waals surface area contributed by atoms with Gasteiger partial charge in [-0.3, -0.25) is 14.5 Å². The summed E-state index contributed by atoms with van der Waals surface area (Å²) in [5.74, 6) is 0.520. The molecule has 2 aromatic carbocycles. The molecule has 0 radical (unpaired) electrons. The molecule has 0 spiro atoms. The minimum atomic E-state index is -0.389. The highest BCUT2D eigenvalue weighted by molar-refractivity contribution is 6.04. The molecule has 1 amide bonds. The minimum Gasteiger partial charge on any atom is -0.497 e. The number of piperazine rings is 1. The third-order valence-electron chi connectivity index (χ3n) is 5.42. The first-order chi connectivity index (χ1) is 14.6. The van der Waals surface area contributed by atoms with Crippen LogP contribution in [0.25, 0.3) is 10.8 Å². The molecular weight excluding hydrogens is 382 g/mol. The molecule has 0 aliphatic carbocycles. The lowest BCUT2D eigenvalue weighted by Gasteiger charge is -2.37. The molecule has 30 heavy (non-hydrogen) atoms. The topological polar surface area (TPSA) is 102 Å². The molecule has 1 aromatic heterocycles. The Bertz CT molecular complexity index is 1160. The Morgan fingerprint density at radius 3 is 2.40 bits per heavy atom. The van der Waals surface area contributed by atoms with E-state index in [2.05, 4.69) is 21.2 Å². The largest absolute Gasteiger partial charge is 0.497 e. The van der Waals surface area contributed by atoms with E-state index in [0.29, 0.717) is 37.0 Å². The molecule has 3 aromatic rings. The second-order valence-electron chi connectivity index (χ2n) is 7.08. The maximum Gasteiger partial charge on any atom is 0.275 e. The number of methoxy groups -OCH3 is 1. The molecule has 1 atom stereocenters. The van der Waals surface area contributed by atoms with E-state index in [4.69, 9.17) is 4.74 Å². The zero-order chi connectivity index (χ0) is 21.1. The first-order valence-electron chi connectivity index (χ1n) is 9.66. The van der Waals surface area contributed by atoms with E-state index in [0.717, 1.165) is 11.3 Å². The van der Waals surface area contributed by atoms with Crippen molar-refractivity contribution in [3.05, 3.63) is 70.1 Å². The van der Waals surface area contributed by atoms with E-state index in [1.807, 2.05) is 24.3 Å². The van der Waals surface area contributed by atoms with Crippen LogP contribution in [0.2, 0.25) is 0 Å². The predicted octanol–water partition coefficient (Wildman–Crippen LogP) is 1.95. The number of hydrogen-bond donors (Lipinski definition) is 1. The zero-order valence-corrected chi connectivity index (χ0v) is 16.5. The minimum absolute atomic E-state index is 0.222. The number of nitrogens with zero attached hydrogens (tertiary/aromatic N) is 4. The van der Waals surface area contributed by atoms with Crippen molar-refractivity contribution >= 4 is 16.7 Å². The van der Waals surface area contributed by atoms with Gasteiger partial charge in [0.05, 0.1) is 18.6 Å². The van der Waals surface area contributed by atoms with E-state index in [1.54, 1.807) is 36.3 Å². The van der Waals surface area contributed by atoms with Crippen LogP contribution in [0, 0.1) is 11.3 Å². The number of fused-ring (bicyclic) bond motifs is 1. The SMILES string of the molecule is COc1ccc(C(C#N)N2CCN(C(=O)c3n[nH]c(=O)c4ccccc34)CC2)cc1. The van der Waals surface area contributed by atoms with Crippen molar-refractivity contribution in [3.8, 4) is 11.8 Å². The molecule has 1 N–H and O–H groups in total. The summed E-state index contributed by atoms with van der Waals surface area (Å²) in [6, 6.07) is 16.4. The summed E-state index contributed by atoms with van der Waals surface area (Å²) in [4.78, 5) is 28.8. The van der Waals surface area contributed by atoms with E-state index >= 15 is 0 Å². The second kappa shape index (κ2) is 8.35. The molecule has 152 valence electrons. The molecule has 1 saturated heterocycles. The zero-order valence-electron chi connectivity index (χ0n) is 16.5. The first kappa shape index (κ1) is 19.6. The number of nitriles is 1. The molecule has 1 aliphatic heterocycles. The van der Waals surface area contributed by atoms with Crippen molar-refractivity contribution < 1.29 is 9.53 Å². The van der Waals surface area contributed by atoms with Gasteiger partial charge < -0.3 is 9.64 Å². The average molecular weight is 403 g/mol. The number of carbonyl (C=O) groups excluding carboxylic acids is 1. The maximum atomic E-state index is 13.1. The van der Waals surface area contributed by atoms with Gasteiger partial charge in [0.15, 0.2) is 5.69 Å².